The van der Waals surface area contributed by atoms with E-state index in [1.54, 1.807) is 25.6 Å². The zero-order valence-electron chi connectivity index (χ0n) is 15.4. The summed E-state index contributed by atoms with van der Waals surface area (Å²) in [6, 6.07) is 9.96. The van der Waals surface area contributed by atoms with Gasteiger partial charge in [0, 0.05) is 23.0 Å². The van der Waals surface area contributed by atoms with Gasteiger partial charge in [0.2, 0.25) is 0 Å². The van der Waals surface area contributed by atoms with Crippen molar-refractivity contribution in [3.8, 4) is 0 Å². The Morgan fingerprint density at radius 3 is 2.31 bits per heavy atom. The number of hydrogen-bond acceptors (Lipinski definition) is 7. The largest absolute Gasteiger partial charge is 0.465 e. The van der Waals surface area contributed by atoms with Crippen LogP contribution in [0, 0.1) is 11.3 Å². The molecule has 1 atom stereocenters. The Hall–Kier alpha value is -2.02. The van der Waals surface area contributed by atoms with E-state index in [-0.39, 0.29) is 25.6 Å². The van der Waals surface area contributed by atoms with E-state index in [9.17, 15) is 9.59 Å². The van der Waals surface area contributed by atoms with Gasteiger partial charge in [-0.25, -0.2) is 0 Å². The highest BCUT2D eigenvalue weighted by Gasteiger charge is 2.56. The van der Waals surface area contributed by atoms with E-state index in [0.717, 1.165) is 4.90 Å². The molecule has 0 aromatic heterocycles. The summed E-state index contributed by atoms with van der Waals surface area (Å²) in [6.45, 7) is 3.86. The molecular formula is C19H25NO5S. The molecule has 142 valence electrons. The maximum Gasteiger partial charge on any atom is 0.323 e. The van der Waals surface area contributed by atoms with Crippen LogP contribution in [0.1, 0.15) is 26.7 Å². The van der Waals surface area contributed by atoms with Crippen molar-refractivity contribution in [2.45, 2.75) is 31.6 Å². The highest BCUT2D eigenvalue weighted by atomic mass is 32.2. The SMILES string of the molecule is CCOC(=O)C1(C(=O)OCC)C/C(=N\OC)C(CSc2ccccc2)C1. The van der Waals surface area contributed by atoms with E-state index in [1.165, 1.54) is 7.11 Å². The van der Waals surface area contributed by atoms with Gasteiger partial charge in [0.25, 0.3) is 0 Å². The first-order valence-electron chi connectivity index (χ1n) is 8.69. The number of oxime groups is 1. The molecule has 0 radical (unpaired) electrons. The molecule has 7 heteroatoms. The fourth-order valence-corrected chi connectivity index (χ4v) is 4.14. The molecule has 0 amide bonds. The molecule has 0 spiro atoms. The van der Waals surface area contributed by atoms with Crippen LogP contribution in [-0.2, 0) is 23.9 Å². The standard InChI is InChI=1S/C19H25NO5S/c1-4-24-17(21)19(18(22)25-5-2)11-14(16(12-19)20-23-3)13-26-15-9-7-6-8-10-15/h6-10,14H,4-5,11-13H2,1-3H3/b20-16+. The number of hydrogen-bond donors (Lipinski definition) is 0. The van der Waals surface area contributed by atoms with Crippen LogP contribution < -0.4 is 0 Å². The summed E-state index contributed by atoms with van der Waals surface area (Å²) in [5, 5.41) is 4.09. The Labute approximate surface area is 158 Å². The van der Waals surface area contributed by atoms with Crippen molar-refractivity contribution in [1.82, 2.24) is 0 Å². The summed E-state index contributed by atoms with van der Waals surface area (Å²) in [4.78, 5) is 31.3. The lowest BCUT2D eigenvalue weighted by Crippen LogP contribution is -2.40. The van der Waals surface area contributed by atoms with Crippen molar-refractivity contribution < 1.29 is 23.9 Å². The summed E-state index contributed by atoms with van der Waals surface area (Å²) in [7, 11) is 1.46. The van der Waals surface area contributed by atoms with Gasteiger partial charge in [-0.05, 0) is 32.4 Å². The van der Waals surface area contributed by atoms with Gasteiger partial charge in [-0.3, -0.25) is 9.59 Å². The smallest absolute Gasteiger partial charge is 0.323 e. The van der Waals surface area contributed by atoms with Crippen LogP contribution in [0.15, 0.2) is 40.4 Å². The third-order valence-corrected chi connectivity index (χ3v) is 5.46. The van der Waals surface area contributed by atoms with E-state index in [2.05, 4.69) is 5.16 Å². The first-order valence-corrected chi connectivity index (χ1v) is 9.68. The third-order valence-electron chi connectivity index (χ3n) is 4.28. The molecule has 1 unspecified atom stereocenters. The van der Waals surface area contributed by atoms with Gasteiger partial charge in [-0.2, -0.15) is 0 Å². The molecule has 1 fully saturated rings. The molecule has 1 aromatic rings. The molecule has 1 saturated carbocycles. The van der Waals surface area contributed by atoms with Crippen LogP contribution in [0.3, 0.4) is 0 Å². The van der Waals surface area contributed by atoms with Crippen LogP contribution >= 0.6 is 11.8 Å². The fourth-order valence-electron chi connectivity index (χ4n) is 3.09. The minimum absolute atomic E-state index is 0.0750. The Morgan fingerprint density at radius 2 is 1.77 bits per heavy atom. The second-order valence-corrected chi connectivity index (χ2v) is 7.08. The van der Waals surface area contributed by atoms with Crippen molar-refractivity contribution in [1.29, 1.82) is 0 Å². The molecule has 0 bridgehead atoms. The third kappa shape index (κ3) is 4.58. The molecule has 2 rings (SSSR count). The quantitative estimate of drug-likeness (QED) is 0.299. The van der Waals surface area contributed by atoms with Crippen LogP contribution in [0.4, 0.5) is 0 Å². The van der Waals surface area contributed by atoms with Gasteiger partial charge >= 0.3 is 11.9 Å². The number of rotatable bonds is 8. The maximum absolute atomic E-state index is 12.6. The number of ether oxygens (including phenoxy) is 2. The van der Waals surface area contributed by atoms with Crippen LogP contribution in [-0.4, -0.2) is 43.7 Å². The molecule has 6 nitrogen and oxygen atoms in total. The normalized spacial score (nSPS) is 20.0. The predicted octanol–water partition coefficient (Wildman–Crippen LogP) is 3.30. The molecule has 0 heterocycles. The van der Waals surface area contributed by atoms with Crippen LogP contribution in [0.5, 0.6) is 0 Å². The van der Waals surface area contributed by atoms with Crippen LogP contribution in [0.2, 0.25) is 0 Å². The van der Waals surface area contributed by atoms with Gasteiger partial charge in [0.15, 0.2) is 5.41 Å². The lowest BCUT2D eigenvalue weighted by Gasteiger charge is -2.24. The minimum Gasteiger partial charge on any atom is -0.465 e. The summed E-state index contributed by atoms with van der Waals surface area (Å²) < 4.78 is 10.4. The van der Waals surface area contributed by atoms with E-state index in [0.29, 0.717) is 17.9 Å². The number of carbonyl (C=O) groups excluding carboxylic acids is 2. The van der Waals surface area contributed by atoms with Gasteiger partial charge < -0.3 is 14.3 Å². The molecule has 0 aliphatic heterocycles. The zero-order valence-corrected chi connectivity index (χ0v) is 16.2. The molecule has 0 saturated heterocycles. The molecule has 1 aromatic carbocycles. The van der Waals surface area contributed by atoms with Crippen molar-refractivity contribution in [2.75, 3.05) is 26.1 Å². The monoisotopic (exact) mass is 379 g/mol. The Balaban J connectivity index is 2.23. The Kier molecular flexibility index (Phi) is 7.50. The average molecular weight is 379 g/mol. The van der Waals surface area contributed by atoms with E-state index in [4.69, 9.17) is 14.3 Å². The Morgan fingerprint density at radius 1 is 1.15 bits per heavy atom. The van der Waals surface area contributed by atoms with E-state index < -0.39 is 17.4 Å². The van der Waals surface area contributed by atoms with Crippen molar-refractivity contribution in [2.24, 2.45) is 16.5 Å². The van der Waals surface area contributed by atoms with Crippen LogP contribution in [0.25, 0.3) is 0 Å². The molecule has 26 heavy (non-hydrogen) atoms. The van der Waals surface area contributed by atoms with Gasteiger partial charge in [-0.1, -0.05) is 23.4 Å². The van der Waals surface area contributed by atoms with E-state index in [1.807, 2.05) is 30.3 Å². The maximum atomic E-state index is 12.6. The minimum atomic E-state index is -1.34. The lowest BCUT2D eigenvalue weighted by molar-refractivity contribution is -0.171. The number of benzene rings is 1. The highest BCUT2D eigenvalue weighted by molar-refractivity contribution is 7.99. The van der Waals surface area contributed by atoms with Gasteiger partial charge in [0.05, 0.1) is 18.9 Å². The number of thioether (sulfide) groups is 1. The highest BCUT2D eigenvalue weighted by Crippen LogP contribution is 2.44. The first kappa shape index (κ1) is 20.3. The second kappa shape index (κ2) is 9.62. The summed E-state index contributed by atoms with van der Waals surface area (Å²) in [5.74, 6) is -0.481. The average Bonchev–Trinajstić information content (AvgIpc) is 3.01. The van der Waals surface area contributed by atoms with Crippen molar-refractivity contribution in [3.05, 3.63) is 30.3 Å². The predicted molar refractivity (Wildman–Crippen MR) is 100 cm³/mol. The topological polar surface area (TPSA) is 74.2 Å². The number of carbonyl (C=O) groups is 2. The summed E-state index contributed by atoms with van der Waals surface area (Å²) in [6.07, 6.45) is 0.477. The fraction of sp³-hybridized carbons (Fsp3) is 0.526. The summed E-state index contributed by atoms with van der Waals surface area (Å²) >= 11 is 1.66. The van der Waals surface area contributed by atoms with E-state index >= 15 is 0 Å². The molecule has 1 aliphatic rings. The van der Waals surface area contributed by atoms with Gasteiger partial charge in [-0.15, -0.1) is 11.8 Å². The summed E-state index contributed by atoms with van der Waals surface area (Å²) in [5.41, 5.74) is -0.650. The Bertz CT molecular complexity index is 629. The van der Waals surface area contributed by atoms with Crippen molar-refractivity contribution in [3.63, 3.8) is 0 Å². The first-order chi connectivity index (χ1) is 12.6. The second-order valence-electron chi connectivity index (χ2n) is 5.99. The molecule has 1 aliphatic carbocycles. The van der Waals surface area contributed by atoms with Gasteiger partial charge in [0.1, 0.15) is 7.11 Å². The molecular weight excluding hydrogens is 354 g/mol. The van der Waals surface area contributed by atoms with Crippen molar-refractivity contribution >= 4 is 29.4 Å². The zero-order chi connectivity index (χ0) is 19.0. The lowest BCUT2D eigenvalue weighted by atomic mass is 9.85. The number of esters is 2. The molecule has 0 N–H and O–H groups in total. The number of nitrogens with zero attached hydrogens (tertiary/aromatic N) is 1.